The Labute approximate surface area is 129 Å². The van der Waals surface area contributed by atoms with Crippen LogP contribution in [0.5, 0.6) is 0 Å². The molecule has 2 unspecified atom stereocenters. The van der Waals surface area contributed by atoms with Crippen LogP contribution < -0.4 is 5.32 Å². The maximum Gasteiger partial charge on any atom is 0.237 e. The molecule has 0 saturated carbocycles. The minimum absolute atomic E-state index is 0.137. The molecule has 1 saturated heterocycles. The van der Waals surface area contributed by atoms with Crippen LogP contribution in [0.15, 0.2) is 22.7 Å². The number of hydrogen-bond acceptors (Lipinski definition) is 2. The summed E-state index contributed by atoms with van der Waals surface area (Å²) >= 11 is 3.43. The van der Waals surface area contributed by atoms with Crippen LogP contribution in [0.2, 0.25) is 0 Å². The fourth-order valence-corrected chi connectivity index (χ4v) is 3.68. The van der Waals surface area contributed by atoms with Crippen LogP contribution in [0.25, 0.3) is 0 Å². The van der Waals surface area contributed by atoms with Crippen LogP contribution in [-0.4, -0.2) is 11.8 Å². The molecule has 4 heteroatoms. The standard InChI is InChI=1S/C16H22BrNO2/c1-2-3-4-5-6-7-10-16-11-12(17)8-9-13(16)14(19)18-15(16)20/h8-9,11,13H,2-7,10H2,1H3,(H,18,19,20). The van der Waals surface area contributed by atoms with Crippen LogP contribution in [0.3, 0.4) is 0 Å². The van der Waals surface area contributed by atoms with Crippen molar-refractivity contribution in [2.75, 3.05) is 0 Å². The zero-order valence-corrected chi connectivity index (χ0v) is 13.5. The van der Waals surface area contributed by atoms with Crippen molar-refractivity contribution in [3.8, 4) is 0 Å². The quantitative estimate of drug-likeness (QED) is 0.565. The lowest BCUT2D eigenvalue weighted by molar-refractivity contribution is -0.127. The van der Waals surface area contributed by atoms with E-state index in [1.54, 1.807) is 0 Å². The highest BCUT2D eigenvalue weighted by molar-refractivity contribution is 9.11. The van der Waals surface area contributed by atoms with Gasteiger partial charge in [0.15, 0.2) is 0 Å². The molecule has 2 rings (SSSR count). The number of halogens is 1. The van der Waals surface area contributed by atoms with Gasteiger partial charge >= 0.3 is 0 Å². The Bertz CT molecular complexity index is 455. The summed E-state index contributed by atoms with van der Waals surface area (Å²) in [6.45, 7) is 2.20. The summed E-state index contributed by atoms with van der Waals surface area (Å²) in [6, 6.07) is 0. The minimum Gasteiger partial charge on any atom is -0.295 e. The van der Waals surface area contributed by atoms with E-state index in [0.717, 1.165) is 23.7 Å². The molecule has 2 aliphatic rings. The zero-order valence-electron chi connectivity index (χ0n) is 12.0. The van der Waals surface area contributed by atoms with Gasteiger partial charge in [0, 0.05) is 4.48 Å². The van der Waals surface area contributed by atoms with Gasteiger partial charge in [-0.25, -0.2) is 0 Å². The summed E-state index contributed by atoms with van der Waals surface area (Å²) in [7, 11) is 0. The van der Waals surface area contributed by atoms with Crippen LogP contribution in [0.4, 0.5) is 0 Å². The van der Waals surface area contributed by atoms with Gasteiger partial charge in [-0.15, -0.1) is 0 Å². The Morgan fingerprint density at radius 1 is 1.20 bits per heavy atom. The van der Waals surface area contributed by atoms with Gasteiger partial charge in [0.2, 0.25) is 11.8 Å². The SMILES string of the molecule is CCCCCCCCC12C=C(Br)C=CC1C(=O)NC2=O. The molecule has 0 aromatic heterocycles. The van der Waals surface area contributed by atoms with Gasteiger partial charge in [-0.1, -0.05) is 79.6 Å². The predicted octanol–water partition coefficient (Wildman–Crippen LogP) is 3.84. The lowest BCUT2D eigenvalue weighted by Crippen LogP contribution is -2.34. The third kappa shape index (κ3) is 3.05. The van der Waals surface area contributed by atoms with Crippen molar-refractivity contribution in [3.63, 3.8) is 0 Å². The smallest absolute Gasteiger partial charge is 0.237 e. The van der Waals surface area contributed by atoms with Gasteiger partial charge in [0.1, 0.15) is 0 Å². The molecule has 0 aromatic rings. The number of fused-ring (bicyclic) bond motifs is 1. The summed E-state index contributed by atoms with van der Waals surface area (Å²) < 4.78 is 0.893. The first-order valence-electron chi connectivity index (χ1n) is 7.52. The first-order valence-corrected chi connectivity index (χ1v) is 8.31. The van der Waals surface area contributed by atoms with Crippen molar-refractivity contribution >= 4 is 27.7 Å². The molecule has 3 nitrogen and oxygen atoms in total. The monoisotopic (exact) mass is 339 g/mol. The number of nitrogens with one attached hydrogen (secondary N) is 1. The number of allylic oxidation sites excluding steroid dienone is 2. The number of carbonyl (C=O) groups is 2. The summed E-state index contributed by atoms with van der Waals surface area (Å²) in [4.78, 5) is 24.1. The van der Waals surface area contributed by atoms with Gasteiger partial charge in [0.25, 0.3) is 0 Å². The second-order valence-corrected chi connectivity index (χ2v) is 6.66. The number of carbonyl (C=O) groups excluding carboxylic acids is 2. The molecule has 20 heavy (non-hydrogen) atoms. The number of unbranched alkanes of at least 4 members (excludes halogenated alkanes) is 5. The molecule has 1 aliphatic heterocycles. The van der Waals surface area contributed by atoms with Crippen molar-refractivity contribution in [1.29, 1.82) is 0 Å². The molecule has 0 aromatic carbocycles. The summed E-state index contributed by atoms with van der Waals surface area (Å²) in [5.74, 6) is -0.622. The normalized spacial score (nSPS) is 28.3. The Morgan fingerprint density at radius 2 is 1.90 bits per heavy atom. The van der Waals surface area contributed by atoms with E-state index < -0.39 is 5.41 Å². The molecule has 0 radical (unpaired) electrons. The lowest BCUT2D eigenvalue weighted by Gasteiger charge is -2.29. The fourth-order valence-electron chi connectivity index (χ4n) is 3.12. The molecule has 110 valence electrons. The molecule has 1 heterocycles. The molecule has 0 bridgehead atoms. The highest BCUT2D eigenvalue weighted by Gasteiger charge is 2.53. The predicted molar refractivity (Wildman–Crippen MR) is 83.2 cm³/mol. The van der Waals surface area contributed by atoms with Crippen molar-refractivity contribution in [2.45, 2.75) is 51.9 Å². The van der Waals surface area contributed by atoms with Gasteiger partial charge in [-0.05, 0) is 6.42 Å². The second kappa shape index (κ2) is 6.70. The first kappa shape index (κ1) is 15.5. The van der Waals surface area contributed by atoms with Crippen LogP contribution in [-0.2, 0) is 9.59 Å². The number of imide groups is 1. The summed E-state index contributed by atoms with van der Waals surface area (Å²) in [5, 5.41) is 2.49. The van der Waals surface area contributed by atoms with Gasteiger partial charge in [0.05, 0.1) is 11.3 Å². The third-order valence-corrected chi connectivity index (χ3v) is 4.78. The molecule has 1 N–H and O–H groups in total. The Hall–Kier alpha value is -0.900. The molecule has 1 aliphatic carbocycles. The largest absolute Gasteiger partial charge is 0.295 e. The molecule has 2 amide bonds. The number of amides is 2. The van der Waals surface area contributed by atoms with Crippen molar-refractivity contribution in [3.05, 3.63) is 22.7 Å². The van der Waals surface area contributed by atoms with Crippen molar-refractivity contribution in [1.82, 2.24) is 5.32 Å². The van der Waals surface area contributed by atoms with E-state index >= 15 is 0 Å². The molecule has 1 fully saturated rings. The molecule has 2 atom stereocenters. The summed E-state index contributed by atoms with van der Waals surface area (Å²) in [5.41, 5.74) is -0.657. The highest BCUT2D eigenvalue weighted by Crippen LogP contribution is 2.45. The number of rotatable bonds is 7. The van der Waals surface area contributed by atoms with Gasteiger partial charge in [-0.2, -0.15) is 0 Å². The van der Waals surface area contributed by atoms with E-state index in [0.29, 0.717) is 0 Å². The minimum atomic E-state index is -0.657. The molecule has 0 spiro atoms. The van der Waals surface area contributed by atoms with Crippen LogP contribution in [0, 0.1) is 11.3 Å². The van der Waals surface area contributed by atoms with Crippen LogP contribution in [0.1, 0.15) is 51.9 Å². The van der Waals surface area contributed by atoms with Crippen molar-refractivity contribution in [2.24, 2.45) is 11.3 Å². The van der Waals surface area contributed by atoms with Crippen molar-refractivity contribution < 1.29 is 9.59 Å². The third-order valence-electron chi connectivity index (χ3n) is 4.28. The van der Waals surface area contributed by atoms with E-state index in [1.165, 1.54) is 25.7 Å². The zero-order chi connectivity index (χ0) is 14.6. The van der Waals surface area contributed by atoms with E-state index in [-0.39, 0.29) is 17.7 Å². The Kier molecular flexibility index (Phi) is 5.19. The van der Waals surface area contributed by atoms with Gasteiger partial charge < -0.3 is 0 Å². The van der Waals surface area contributed by atoms with E-state index in [4.69, 9.17) is 0 Å². The highest BCUT2D eigenvalue weighted by atomic mass is 79.9. The van der Waals surface area contributed by atoms with E-state index in [2.05, 4.69) is 28.2 Å². The van der Waals surface area contributed by atoms with E-state index in [1.807, 2.05) is 18.2 Å². The Balaban J connectivity index is 1.97. The summed E-state index contributed by atoms with van der Waals surface area (Å²) in [6.07, 6.45) is 13.5. The average Bonchev–Trinajstić information content (AvgIpc) is 2.65. The Morgan fingerprint density at radius 3 is 2.65 bits per heavy atom. The topological polar surface area (TPSA) is 46.2 Å². The maximum atomic E-state index is 12.2. The fraction of sp³-hybridized carbons (Fsp3) is 0.625. The van der Waals surface area contributed by atoms with E-state index in [9.17, 15) is 9.59 Å². The number of hydrogen-bond donors (Lipinski definition) is 1. The second-order valence-electron chi connectivity index (χ2n) is 5.74. The van der Waals surface area contributed by atoms with Crippen LogP contribution >= 0.6 is 15.9 Å². The molecular weight excluding hydrogens is 318 g/mol. The molecular formula is C16H22BrNO2. The first-order chi connectivity index (χ1) is 9.60. The maximum absolute atomic E-state index is 12.2. The van der Waals surface area contributed by atoms with Gasteiger partial charge in [-0.3, -0.25) is 14.9 Å². The lowest BCUT2D eigenvalue weighted by atomic mass is 9.71. The average molecular weight is 340 g/mol.